The topological polar surface area (TPSA) is 145 Å². The first kappa shape index (κ1) is 18.9. The van der Waals surface area contributed by atoms with E-state index in [1.807, 2.05) is 0 Å². The van der Waals surface area contributed by atoms with E-state index in [1.165, 1.54) is 6.26 Å². The van der Waals surface area contributed by atoms with Crippen LogP contribution in [0.1, 0.15) is 11.5 Å². The van der Waals surface area contributed by atoms with Gasteiger partial charge in [0, 0.05) is 0 Å². The van der Waals surface area contributed by atoms with E-state index in [9.17, 15) is 14.7 Å². The molecule has 1 amide bonds. The van der Waals surface area contributed by atoms with Crippen molar-refractivity contribution in [1.29, 1.82) is 0 Å². The number of fused-ring (bicyclic) bond motifs is 1. The Labute approximate surface area is 168 Å². The minimum absolute atomic E-state index is 0.00610. The molecule has 3 aromatic heterocycles. The quantitative estimate of drug-likeness (QED) is 0.357. The SMILES string of the molecule is Cc1nc2ccccc2c(=O)n1OCC(=O)N/N=C/c1nc(-c2ccco2)oc1O. The lowest BCUT2D eigenvalue weighted by Gasteiger charge is -2.10. The largest absolute Gasteiger partial charge is 0.479 e. The monoisotopic (exact) mass is 409 g/mol. The minimum atomic E-state index is -0.639. The van der Waals surface area contributed by atoms with Crippen LogP contribution in [0.2, 0.25) is 0 Å². The molecule has 0 saturated carbocycles. The second-order valence-electron chi connectivity index (χ2n) is 6.03. The number of aromatic hydroxyl groups is 1. The first-order chi connectivity index (χ1) is 14.5. The summed E-state index contributed by atoms with van der Waals surface area (Å²) >= 11 is 0. The number of carbonyl (C=O) groups excluding carboxylic acids is 1. The predicted molar refractivity (Wildman–Crippen MR) is 104 cm³/mol. The Bertz CT molecular complexity index is 1290. The molecule has 0 unspecified atom stereocenters. The van der Waals surface area contributed by atoms with Crippen molar-refractivity contribution in [1.82, 2.24) is 20.1 Å². The lowest BCUT2D eigenvalue weighted by atomic mass is 10.2. The van der Waals surface area contributed by atoms with Crippen LogP contribution in [0.25, 0.3) is 22.6 Å². The predicted octanol–water partition coefficient (Wildman–Crippen LogP) is 1.24. The number of carbonyl (C=O) groups is 1. The van der Waals surface area contributed by atoms with Gasteiger partial charge in [0.1, 0.15) is 5.82 Å². The number of aryl methyl sites for hydroxylation is 1. The Hall–Kier alpha value is -4.41. The van der Waals surface area contributed by atoms with Gasteiger partial charge in [0.15, 0.2) is 18.1 Å². The number of rotatable bonds is 6. The van der Waals surface area contributed by atoms with Gasteiger partial charge in [0.2, 0.25) is 0 Å². The average Bonchev–Trinajstić information content (AvgIpc) is 3.38. The number of furan rings is 1. The first-order valence-corrected chi connectivity index (χ1v) is 8.70. The third-order valence-corrected chi connectivity index (χ3v) is 3.96. The molecule has 0 saturated heterocycles. The molecular weight excluding hydrogens is 394 g/mol. The van der Waals surface area contributed by atoms with Crippen LogP contribution in [0.4, 0.5) is 0 Å². The number of amides is 1. The van der Waals surface area contributed by atoms with E-state index < -0.39 is 24.0 Å². The van der Waals surface area contributed by atoms with Gasteiger partial charge in [-0.15, -0.1) is 4.73 Å². The maximum Gasteiger partial charge on any atom is 0.312 e. The highest BCUT2D eigenvalue weighted by molar-refractivity contribution is 5.83. The van der Waals surface area contributed by atoms with Crippen molar-refractivity contribution in [3.05, 3.63) is 64.5 Å². The van der Waals surface area contributed by atoms with Crippen LogP contribution in [0.15, 0.2) is 61.4 Å². The third kappa shape index (κ3) is 3.76. The highest BCUT2D eigenvalue weighted by atomic mass is 16.7. The highest BCUT2D eigenvalue weighted by Crippen LogP contribution is 2.25. The second-order valence-corrected chi connectivity index (χ2v) is 6.03. The molecule has 0 aliphatic carbocycles. The van der Waals surface area contributed by atoms with E-state index >= 15 is 0 Å². The van der Waals surface area contributed by atoms with Crippen LogP contribution in [0.3, 0.4) is 0 Å². The van der Waals surface area contributed by atoms with E-state index in [-0.39, 0.29) is 11.6 Å². The maximum absolute atomic E-state index is 12.5. The van der Waals surface area contributed by atoms with Gasteiger partial charge in [0.25, 0.3) is 17.4 Å². The number of aromatic nitrogens is 3. The van der Waals surface area contributed by atoms with Gasteiger partial charge >= 0.3 is 5.95 Å². The zero-order valence-corrected chi connectivity index (χ0v) is 15.6. The summed E-state index contributed by atoms with van der Waals surface area (Å²) in [5.41, 5.74) is 2.31. The molecule has 30 heavy (non-hydrogen) atoms. The lowest BCUT2D eigenvalue weighted by molar-refractivity contribution is -0.126. The summed E-state index contributed by atoms with van der Waals surface area (Å²) in [4.78, 5) is 38.0. The molecule has 0 atom stereocenters. The van der Waals surface area contributed by atoms with Gasteiger partial charge in [-0.2, -0.15) is 5.10 Å². The summed E-state index contributed by atoms with van der Waals surface area (Å²) < 4.78 is 11.1. The van der Waals surface area contributed by atoms with Gasteiger partial charge in [-0.25, -0.2) is 15.4 Å². The lowest BCUT2D eigenvalue weighted by Crippen LogP contribution is -2.35. The van der Waals surface area contributed by atoms with Crippen molar-refractivity contribution in [3.63, 3.8) is 0 Å². The number of hydrazone groups is 1. The standard InChI is InChI=1S/C19H15N5O6/c1-11-21-13-6-3-2-5-12(13)18(26)24(11)29-10-16(25)23-20-9-14-19(27)30-17(22-14)15-7-4-8-28-15/h2-9,27H,10H2,1H3,(H,23,25)/b20-9+. The summed E-state index contributed by atoms with van der Waals surface area (Å²) in [7, 11) is 0. The van der Waals surface area contributed by atoms with Gasteiger partial charge in [-0.3, -0.25) is 9.59 Å². The Kier molecular flexibility index (Phi) is 4.99. The molecule has 0 aliphatic rings. The minimum Gasteiger partial charge on any atom is -0.479 e. The van der Waals surface area contributed by atoms with Crippen molar-refractivity contribution < 1.29 is 23.6 Å². The highest BCUT2D eigenvalue weighted by Gasteiger charge is 2.14. The molecule has 1 aromatic carbocycles. The number of nitrogens with one attached hydrogen (secondary N) is 1. The van der Waals surface area contributed by atoms with Crippen molar-refractivity contribution in [2.24, 2.45) is 5.10 Å². The Morgan fingerprint density at radius 1 is 1.30 bits per heavy atom. The molecule has 0 aliphatic heterocycles. The summed E-state index contributed by atoms with van der Waals surface area (Å²) in [5.74, 6) is -0.438. The van der Waals surface area contributed by atoms with Crippen molar-refractivity contribution in [3.8, 4) is 17.6 Å². The van der Waals surface area contributed by atoms with Crippen LogP contribution in [-0.4, -0.2) is 38.5 Å². The van der Waals surface area contributed by atoms with E-state index in [0.29, 0.717) is 22.5 Å². The number of benzene rings is 1. The number of hydrogen-bond donors (Lipinski definition) is 2. The Balaban J connectivity index is 1.39. The Morgan fingerprint density at radius 2 is 2.13 bits per heavy atom. The molecule has 11 nitrogen and oxygen atoms in total. The summed E-state index contributed by atoms with van der Waals surface area (Å²) in [6.07, 6.45) is 2.53. The third-order valence-electron chi connectivity index (χ3n) is 3.96. The molecule has 2 N–H and O–H groups in total. The molecule has 0 bridgehead atoms. The molecule has 0 radical (unpaired) electrons. The van der Waals surface area contributed by atoms with Crippen LogP contribution < -0.4 is 15.8 Å². The zero-order valence-electron chi connectivity index (χ0n) is 15.6. The van der Waals surface area contributed by atoms with Crippen LogP contribution >= 0.6 is 0 Å². The van der Waals surface area contributed by atoms with Crippen LogP contribution in [-0.2, 0) is 4.79 Å². The number of oxazole rings is 1. The van der Waals surface area contributed by atoms with Gasteiger partial charge in [-0.1, -0.05) is 12.1 Å². The number of nitrogens with zero attached hydrogens (tertiary/aromatic N) is 4. The molecule has 11 heteroatoms. The van der Waals surface area contributed by atoms with E-state index in [2.05, 4.69) is 20.5 Å². The zero-order chi connectivity index (χ0) is 21.1. The molecule has 3 heterocycles. The first-order valence-electron chi connectivity index (χ1n) is 8.70. The fraction of sp³-hybridized carbons (Fsp3) is 0.105. The average molecular weight is 409 g/mol. The molecule has 0 fully saturated rings. The number of para-hydroxylation sites is 1. The summed E-state index contributed by atoms with van der Waals surface area (Å²) in [5, 5.41) is 13.8. The summed E-state index contributed by atoms with van der Waals surface area (Å²) in [6.45, 7) is 1.11. The van der Waals surface area contributed by atoms with Crippen LogP contribution in [0.5, 0.6) is 5.95 Å². The van der Waals surface area contributed by atoms with Gasteiger partial charge in [-0.05, 0) is 31.2 Å². The molecule has 0 spiro atoms. The maximum atomic E-state index is 12.5. The van der Waals surface area contributed by atoms with Crippen molar-refractivity contribution in [2.75, 3.05) is 6.61 Å². The fourth-order valence-corrected chi connectivity index (χ4v) is 2.61. The van der Waals surface area contributed by atoms with E-state index in [0.717, 1.165) is 10.9 Å². The Morgan fingerprint density at radius 3 is 2.93 bits per heavy atom. The smallest absolute Gasteiger partial charge is 0.312 e. The van der Waals surface area contributed by atoms with Gasteiger partial charge in [0.05, 0.1) is 23.4 Å². The second kappa shape index (κ2) is 7.91. The summed E-state index contributed by atoms with van der Waals surface area (Å²) in [6, 6.07) is 10.1. The molecular formula is C19H15N5O6. The van der Waals surface area contributed by atoms with Crippen LogP contribution in [0, 0.1) is 6.92 Å². The van der Waals surface area contributed by atoms with Gasteiger partial charge < -0.3 is 18.8 Å². The van der Waals surface area contributed by atoms with E-state index in [4.69, 9.17) is 13.7 Å². The normalized spacial score (nSPS) is 11.2. The molecule has 152 valence electrons. The fourth-order valence-electron chi connectivity index (χ4n) is 2.61. The van der Waals surface area contributed by atoms with E-state index in [1.54, 1.807) is 43.3 Å². The molecule has 4 rings (SSSR count). The molecule has 4 aromatic rings. The van der Waals surface area contributed by atoms with Crippen molar-refractivity contribution >= 4 is 23.0 Å². The van der Waals surface area contributed by atoms with Crippen molar-refractivity contribution in [2.45, 2.75) is 6.92 Å². The number of hydrogen-bond acceptors (Lipinski definition) is 9.